The van der Waals surface area contributed by atoms with Gasteiger partial charge in [-0.3, -0.25) is 4.79 Å². The van der Waals surface area contributed by atoms with E-state index in [1.54, 1.807) is 6.21 Å². The van der Waals surface area contributed by atoms with Gasteiger partial charge in [-0.05, 0) is 40.8 Å². The molecule has 1 amide bonds. The van der Waals surface area contributed by atoms with Crippen LogP contribution in [0.25, 0.3) is 0 Å². The Bertz CT molecular complexity index is 762. The molecule has 0 radical (unpaired) electrons. The highest BCUT2D eigenvalue weighted by Gasteiger charge is 2.12. The molecule has 0 bridgehead atoms. The number of ether oxygens (including phenoxy) is 2. The highest BCUT2D eigenvalue weighted by Crippen LogP contribution is 2.24. The van der Waals surface area contributed by atoms with Crippen molar-refractivity contribution in [2.45, 2.75) is 39.5 Å². The molecule has 0 saturated carbocycles. The summed E-state index contributed by atoms with van der Waals surface area (Å²) in [4.78, 5) is 10.8. The molecule has 0 unspecified atom stereocenters. The van der Waals surface area contributed by atoms with Gasteiger partial charge in [0.05, 0.1) is 19.4 Å². The maximum absolute atomic E-state index is 10.8. The van der Waals surface area contributed by atoms with Crippen molar-refractivity contribution in [3.8, 4) is 11.5 Å². The normalized spacial score (nSPS) is 11.4. The predicted octanol–water partition coefficient (Wildman–Crippen LogP) is 4.30. The Morgan fingerprint density at radius 3 is 2.33 bits per heavy atom. The lowest BCUT2D eigenvalue weighted by molar-refractivity contribution is -0.118. The second-order valence-corrected chi connectivity index (χ2v) is 7.32. The van der Waals surface area contributed by atoms with Crippen molar-refractivity contribution in [3.63, 3.8) is 0 Å². The van der Waals surface area contributed by atoms with E-state index in [2.05, 4.69) is 43.4 Å². The van der Waals surface area contributed by atoms with Crippen LogP contribution in [0.15, 0.2) is 53.6 Å². The summed E-state index contributed by atoms with van der Waals surface area (Å²) in [5.41, 5.74) is 4.67. The summed E-state index contributed by atoms with van der Waals surface area (Å²) in [6.45, 7) is 9.16. The number of hydrogen-bond donors (Lipinski definition) is 1. The zero-order valence-electron chi connectivity index (χ0n) is 16.5. The van der Waals surface area contributed by atoms with E-state index in [0.717, 1.165) is 23.5 Å². The summed E-state index contributed by atoms with van der Waals surface area (Å²) in [5, 5.41) is 3.85. The standard InChI is InChI=1S/C22H28N2O3/c1-17(25)24-23-16-18-7-5-8-21(15-18)27-14-6-13-26-20-11-9-19(10-12-20)22(2,3)4/h5,7-12,15-16H,6,13-14H2,1-4H3,(H,24,25)/b23-16+. The van der Waals surface area contributed by atoms with Crippen LogP contribution in [-0.2, 0) is 10.2 Å². The van der Waals surface area contributed by atoms with Crippen LogP contribution >= 0.6 is 0 Å². The van der Waals surface area contributed by atoms with Gasteiger partial charge in [0.25, 0.3) is 0 Å². The first-order valence-electron chi connectivity index (χ1n) is 9.10. The first-order valence-corrected chi connectivity index (χ1v) is 9.10. The molecule has 0 aliphatic carbocycles. The van der Waals surface area contributed by atoms with Crippen LogP contribution in [0.3, 0.4) is 0 Å². The Labute approximate surface area is 161 Å². The number of hydrazone groups is 1. The lowest BCUT2D eigenvalue weighted by Gasteiger charge is -2.19. The number of amides is 1. The van der Waals surface area contributed by atoms with Crippen LogP contribution in [0.1, 0.15) is 45.2 Å². The molecule has 27 heavy (non-hydrogen) atoms. The molecule has 0 aromatic heterocycles. The molecule has 2 rings (SSSR count). The molecule has 0 fully saturated rings. The maximum Gasteiger partial charge on any atom is 0.236 e. The van der Waals surface area contributed by atoms with Crippen molar-refractivity contribution in [1.29, 1.82) is 0 Å². The smallest absolute Gasteiger partial charge is 0.236 e. The Morgan fingerprint density at radius 1 is 1.04 bits per heavy atom. The van der Waals surface area contributed by atoms with Gasteiger partial charge >= 0.3 is 0 Å². The van der Waals surface area contributed by atoms with E-state index < -0.39 is 0 Å². The van der Waals surface area contributed by atoms with E-state index in [1.165, 1.54) is 12.5 Å². The monoisotopic (exact) mass is 368 g/mol. The van der Waals surface area contributed by atoms with Gasteiger partial charge < -0.3 is 9.47 Å². The molecule has 0 atom stereocenters. The van der Waals surface area contributed by atoms with Gasteiger partial charge in [0.15, 0.2) is 0 Å². The minimum atomic E-state index is -0.202. The average molecular weight is 368 g/mol. The first-order chi connectivity index (χ1) is 12.8. The molecular weight excluding hydrogens is 340 g/mol. The Kier molecular flexibility index (Phi) is 7.41. The van der Waals surface area contributed by atoms with Crippen molar-refractivity contribution < 1.29 is 14.3 Å². The van der Waals surface area contributed by atoms with Gasteiger partial charge in [0.1, 0.15) is 11.5 Å². The summed E-state index contributed by atoms with van der Waals surface area (Å²) < 4.78 is 11.5. The average Bonchev–Trinajstić information content (AvgIpc) is 2.61. The van der Waals surface area contributed by atoms with Crippen molar-refractivity contribution in [3.05, 3.63) is 59.7 Å². The summed E-state index contributed by atoms with van der Waals surface area (Å²) in [6.07, 6.45) is 2.36. The van der Waals surface area contributed by atoms with Crippen LogP contribution in [0, 0.1) is 0 Å². The van der Waals surface area contributed by atoms with Gasteiger partial charge in [0.2, 0.25) is 5.91 Å². The van der Waals surface area contributed by atoms with E-state index in [9.17, 15) is 4.79 Å². The van der Waals surface area contributed by atoms with Crippen LogP contribution in [0.5, 0.6) is 11.5 Å². The lowest BCUT2D eigenvalue weighted by atomic mass is 9.87. The Hall–Kier alpha value is -2.82. The van der Waals surface area contributed by atoms with Gasteiger partial charge in [-0.25, -0.2) is 5.43 Å². The zero-order valence-corrected chi connectivity index (χ0v) is 16.5. The molecule has 2 aromatic carbocycles. The SMILES string of the molecule is CC(=O)N/N=C/c1cccc(OCCCOc2ccc(C(C)(C)C)cc2)c1. The highest BCUT2D eigenvalue weighted by molar-refractivity contribution is 5.82. The van der Waals surface area contributed by atoms with Crippen LogP contribution < -0.4 is 14.9 Å². The van der Waals surface area contributed by atoms with Gasteiger partial charge in [-0.15, -0.1) is 0 Å². The highest BCUT2D eigenvalue weighted by atomic mass is 16.5. The molecule has 0 aliphatic rings. The third-order valence-corrected chi connectivity index (χ3v) is 3.84. The van der Waals surface area contributed by atoms with E-state index in [-0.39, 0.29) is 11.3 Å². The number of carbonyl (C=O) groups is 1. The second-order valence-electron chi connectivity index (χ2n) is 7.32. The van der Waals surface area contributed by atoms with Crippen molar-refractivity contribution in [2.75, 3.05) is 13.2 Å². The zero-order chi connectivity index (χ0) is 19.7. The Balaban J connectivity index is 1.72. The van der Waals surface area contributed by atoms with Gasteiger partial charge in [0, 0.05) is 13.3 Å². The lowest BCUT2D eigenvalue weighted by Crippen LogP contribution is -2.12. The van der Waals surface area contributed by atoms with Crippen LogP contribution in [0.2, 0.25) is 0 Å². The number of hydrogen-bond acceptors (Lipinski definition) is 4. The largest absolute Gasteiger partial charge is 0.493 e. The molecule has 0 spiro atoms. The number of rotatable bonds is 8. The van der Waals surface area contributed by atoms with E-state index in [4.69, 9.17) is 9.47 Å². The molecule has 0 aliphatic heterocycles. The second kappa shape index (κ2) is 9.76. The minimum Gasteiger partial charge on any atom is -0.493 e. The van der Waals surface area contributed by atoms with Gasteiger partial charge in [-0.2, -0.15) is 5.10 Å². The maximum atomic E-state index is 10.8. The number of carbonyl (C=O) groups excluding carboxylic acids is 1. The molecule has 0 saturated heterocycles. The van der Waals surface area contributed by atoms with E-state index in [1.807, 2.05) is 36.4 Å². The summed E-state index contributed by atoms with van der Waals surface area (Å²) >= 11 is 0. The molecular formula is C22H28N2O3. The van der Waals surface area contributed by atoms with E-state index in [0.29, 0.717) is 13.2 Å². The topological polar surface area (TPSA) is 59.9 Å². The van der Waals surface area contributed by atoms with E-state index >= 15 is 0 Å². The van der Waals surface area contributed by atoms with Crippen molar-refractivity contribution in [1.82, 2.24) is 5.43 Å². The first kappa shape index (κ1) is 20.5. The fourth-order valence-corrected chi connectivity index (χ4v) is 2.37. The summed E-state index contributed by atoms with van der Waals surface area (Å²) in [7, 11) is 0. The summed E-state index contributed by atoms with van der Waals surface area (Å²) in [6, 6.07) is 15.8. The van der Waals surface area contributed by atoms with Crippen molar-refractivity contribution >= 4 is 12.1 Å². The number of nitrogens with zero attached hydrogens (tertiary/aromatic N) is 1. The van der Waals surface area contributed by atoms with Gasteiger partial charge in [-0.1, -0.05) is 45.0 Å². The molecule has 1 N–H and O–H groups in total. The molecule has 0 heterocycles. The predicted molar refractivity (Wildman–Crippen MR) is 109 cm³/mol. The Morgan fingerprint density at radius 2 is 1.70 bits per heavy atom. The minimum absolute atomic E-state index is 0.147. The summed E-state index contributed by atoms with van der Waals surface area (Å²) in [5.74, 6) is 1.43. The molecule has 144 valence electrons. The quantitative estimate of drug-likeness (QED) is 0.429. The third-order valence-electron chi connectivity index (χ3n) is 3.84. The molecule has 2 aromatic rings. The van der Waals surface area contributed by atoms with Crippen molar-refractivity contribution in [2.24, 2.45) is 5.10 Å². The number of benzene rings is 2. The molecule has 5 heteroatoms. The molecule has 5 nitrogen and oxygen atoms in total. The fraction of sp³-hybridized carbons (Fsp3) is 0.364. The van der Waals surface area contributed by atoms with Crippen LogP contribution in [0.4, 0.5) is 0 Å². The number of nitrogens with one attached hydrogen (secondary N) is 1. The fourth-order valence-electron chi connectivity index (χ4n) is 2.37. The third kappa shape index (κ3) is 7.52. The van der Waals surface area contributed by atoms with Crippen LogP contribution in [-0.4, -0.2) is 25.3 Å².